The number of nitrogens with one attached hydrogen (secondary N) is 2. The fourth-order valence-electron chi connectivity index (χ4n) is 3.78. The topological polar surface area (TPSA) is 48.1 Å². The van der Waals surface area contributed by atoms with E-state index in [2.05, 4.69) is 46.4 Å². The number of carbonyl (C=O) groups is 1. The number of hydrogen-bond acceptors (Lipinski definition) is 2. The molecular formula is C18H23N3O. The number of amides is 1. The molecule has 4 nitrogen and oxygen atoms in total. The van der Waals surface area contributed by atoms with E-state index < -0.39 is 0 Å². The largest absolute Gasteiger partial charge is 0.361 e. The van der Waals surface area contributed by atoms with E-state index in [4.69, 9.17) is 0 Å². The van der Waals surface area contributed by atoms with Crippen molar-refractivity contribution in [3.8, 4) is 0 Å². The number of para-hydroxylation sites is 1. The molecule has 1 saturated heterocycles. The number of fused-ring (bicyclic) bond motifs is 1. The average Bonchev–Trinajstić information content (AvgIpc) is 3.06. The van der Waals surface area contributed by atoms with E-state index in [0.29, 0.717) is 11.9 Å². The zero-order valence-electron chi connectivity index (χ0n) is 13.0. The molecule has 1 aliphatic heterocycles. The highest BCUT2D eigenvalue weighted by molar-refractivity contribution is 5.85. The second-order valence-corrected chi connectivity index (χ2v) is 6.64. The summed E-state index contributed by atoms with van der Waals surface area (Å²) in [6.07, 6.45) is 6.56. The molecular weight excluding hydrogens is 274 g/mol. The van der Waals surface area contributed by atoms with Gasteiger partial charge >= 0.3 is 0 Å². The van der Waals surface area contributed by atoms with Crippen LogP contribution in [0.3, 0.4) is 0 Å². The predicted molar refractivity (Wildman–Crippen MR) is 87.6 cm³/mol. The van der Waals surface area contributed by atoms with Crippen LogP contribution in [0, 0.1) is 0 Å². The van der Waals surface area contributed by atoms with E-state index in [-0.39, 0.29) is 12.1 Å². The van der Waals surface area contributed by atoms with Crippen LogP contribution in [0.4, 0.5) is 0 Å². The fraction of sp³-hybridized carbons (Fsp3) is 0.500. The molecule has 2 atom stereocenters. The van der Waals surface area contributed by atoms with Gasteiger partial charge in [0.05, 0.1) is 11.6 Å². The van der Waals surface area contributed by atoms with E-state index in [0.717, 1.165) is 13.0 Å². The van der Waals surface area contributed by atoms with Crippen molar-refractivity contribution in [2.45, 2.75) is 50.7 Å². The van der Waals surface area contributed by atoms with Crippen molar-refractivity contribution in [1.82, 2.24) is 15.2 Å². The summed E-state index contributed by atoms with van der Waals surface area (Å²) in [6.45, 7) is 3.06. The third kappa shape index (κ3) is 2.22. The number of rotatable bonds is 4. The molecule has 2 fully saturated rings. The lowest BCUT2D eigenvalue weighted by atomic mass is 9.92. The van der Waals surface area contributed by atoms with Crippen LogP contribution in [0.25, 0.3) is 10.9 Å². The van der Waals surface area contributed by atoms with Crippen LogP contribution in [0.2, 0.25) is 0 Å². The van der Waals surface area contributed by atoms with Crippen LogP contribution in [0.15, 0.2) is 30.5 Å². The molecule has 2 aliphatic rings. The number of aromatic nitrogens is 1. The van der Waals surface area contributed by atoms with Gasteiger partial charge in [-0.1, -0.05) is 18.2 Å². The summed E-state index contributed by atoms with van der Waals surface area (Å²) < 4.78 is 0. The van der Waals surface area contributed by atoms with Gasteiger partial charge in [-0.15, -0.1) is 0 Å². The second-order valence-electron chi connectivity index (χ2n) is 6.64. The summed E-state index contributed by atoms with van der Waals surface area (Å²) in [6, 6.07) is 9.08. The lowest BCUT2D eigenvalue weighted by Gasteiger charge is -2.35. The summed E-state index contributed by atoms with van der Waals surface area (Å²) >= 11 is 0. The maximum absolute atomic E-state index is 12.6. The van der Waals surface area contributed by atoms with Gasteiger partial charge in [-0.2, -0.15) is 0 Å². The van der Waals surface area contributed by atoms with Crippen molar-refractivity contribution in [2.75, 3.05) is 6.54 Å². The minimum absolute atomic E-state index is 0.0270. The molecule has 2 aromatic rings. The van der Waals surface area contributed by atoms with Gasteiger partial charge < -0.3 is 9.88 Å². The lowest BCUT2D eigenvalue weighted by molar-refractivity contribution is -0.132. The Bertz CT molecular complexity index is 688. The molecule has 116 valence electrons. The highest BCUT2D eigenvalue weighted by Gasteiger charge is 2.38. The van der Waals surface area contributed by atoms with Crippen molar-refractivity contribution in [2.24, 2.45) is 0 Å². The minimum atomic E-state index is -0.0270. The molecule has 2 heterocycles. The van der Waals surface area contributed by atoms with Gasteiger partial charge in [0.15, 0.2) is 0 Å². The molecule has 0 bridgehead atoms. The van der Waals surface area contributed by atoms with Crippen LogP contribution in [0.1, 0.15) is 44.2 Å². The summed E-state index contributed by atoms with van der Waals surface area (Å²) in [7, 11) is 0. The van der Waals surface area contributed by atoms with Crippen LogP contribution in [-0.4, -0.2) is 34.4 Å². The molecule has 1 amide bonds. The Kier molecular flexibility index (Phi) is 3.41. The van der Waals surface area contributed by atoms with Gasteiger partial charge in [-0.3, -0.25) is 10.1 Å². The van der Waals surface area contributed by atoms with Crippen molar-refractivity contribution in [3.63, 3.8) is 0 Å². The first-order valence-electron chi connectivity index (χ1n) is 8.36. The molecule has 2 N–H and O–H groups in total. The molecule has 2 unspecified atom stereocenters. The number of hydrogen-bond donors (Lipinski definition) is 2. The quantitative estimate of drug-likeness (QED) is 0.911. The van der Waals surface area contributed by atoms with Crippen LogP contribution < -0.4 is 5.32 Å². The van der Waals surface area contributed by atoms with Gasteiger partial charge in [0.1, 0.15) is 0 Å². The molecule has 1 aromatic heterocycles. The average molecular weight is 297 g/mol. The molecule has 0 radical (unpaired) electrons. The summed E-state index contributed by atoms with van der Waals surface area (Å²) in [5.41, 5.74) is 2.40. The first kappa shape index (κ1) is 13.8. The van der Waals surface area contributed by atoms with Crippen molar-refractivity contribution >= 4 is 16.8 Å². The zero-order valence-corrected chi connectivity index (χ0v) is 13.0. The number of carbonyl (C=O) groups excluding carboxylic acids is 1. The Labute approximate surface area is 130 Å². The zero-order chi connectivity index (χ0) is 15.1. The van der Waals surface area contributed by atoms with Crippen LogP contribution >= 0.6 is 0 Å². The molecule has 22 heavy (non-hydrogen) atoms. The van der Waals surface area contributed by atoms with Crippen LogP contribution in [-0.2, 0) is 4.79 Å². The van der Waals surface area contributed by atoms with Crippen molar-refractivity contribution < 1.29 is 4.79 Å². The summed E-state index contributed by atoms with van der Waals surface area (Å²) in [4.78, 5) is 18.0. The number of nitrogens with zero attached hydrogens (tertiary/aromatic N) is 1. The minimum Gasteiger partial charge on any atom is -0.361 e. The number of benzene rings is 1. The smallest absolute Gasteiger partial charge is 0.240 e. The van der Waals surface area contributed by atoms with E-state index in [1.807, 2.05) is 6.20 Å². The summed E-state index contributed by atoms with van der Waals surface area (Å²) in [5, 5.41) is 4.77. The third-order valence-electron chi connectivity index (χ3n) is 5.29. The van der Waals surface area contributed by atoms with E-state index in [1.165, 1.54) is 35.7 Å². The second kappa shape index (κ2) is 5.43. The Morgan fingerprint density at radius 2 is 2.14 bits per heavy atom. The first-order chi connectivity index (χ1) is 10.7. The maximum Gasteiger partial charge on any atom is 0.240 e. The Morgan fingerprint density at radius 1 is 1.27 bits per heavy atom. The molecule has 0 spiro atoms. The Morgan fingerprint density at radius 3 is 2.91 bits per heavy atom. The number of likely N-dealkylation sites (tertiary alicyclic amines) is 1. The van der Waals surface area contributed by atoms with Crippen LogP contribution in [0.5, 0.6) is 0 Å². The highest BCUT2D eigenvalue weighted by atomic mass is 16.2. The fourth-order valence-corrected chi connectivity index (χ4v) is 3.78. The molecule has 4 heteroatoms. The van der Waals surface area contributed by atoms with E-state index in [1.54, 1.807) is 0 Å². The lowest BCUT2D eigenvalue weighted by Crippen LogP contribution is -2.45. The first-order valence-corrected chi connectivity index (χ1v) is 8.36. The third-order valence-corrected chi connectivity index (χ3v) is 5.29. The molecule has 1 aromatic carbocycles. The van der Waals surface area contributed by atoms with E-state index in [9.17, 15) is 4.79 Å². The highest BCUT2D eigenvalue weighted by Crippen LogP contribution is 2.30. The standard InChI is InChI=1S/C18H23N3O/c1-12(15-7-2-4-13-8-10-19-17(13)15)20-16-9-11-21(18(16)22)14-5-3-6-14/h2,4,7-8,10,12,14,16,19-20H,3,5-6,9,11H2,1H3. The number of aromatic amines is 1. The molecule has 1 aliphatic carbocycles. The summed E-state index contributed by atoms with van der Waals surface area (Å²) in [5.74, 6) is 0.301. The van der Waals surface area contributed by atoms with Gasteiger partial charge in [-0.25, -0.2) is 0 Å². The Hall–Kier alpha value is -1.81. The van der Waals surface area contributed by atoms with Crippen molar-refractivity contribution in [1.29, 1.82) is 0 Å². The normalized spacial score (nSPS) is 24.0. The Balaban J connectivity index is 1.49. The van der Waals surface area contributed by atoms with Crippen molar-refractivity contribution in [3.05, 3.63) is 36.0 Å². The van der Waals surface area contributed by atoms with Gasteiger partial charge in [0, 0.05) is 24.8 Å². The van der Waals surface area contributed by atoms with Gasteiger partial charge in [-0.05, 0) is 49.6 Å². The molecule has 4 rings (SSSR count). The maximum atomic E-state index is 12.6. The number of H-pyrrole nitrogens is 1. The van der Waals surface area contributed by atoms with E-state index >= 15 is 0 Å². The van der Waals surface area contributed by atoms with Gasteiger partial charge in [0.2, 0.25) is 5.91 Å². The SMILES string of the molecule is CC(NC1CCN(C2CCC2)C1=O)c1cccc2cc[nH]c12. The van der Waals surface area contributed by atoms with Gasteiger partial charge in [0.25, 0.3) is 0 Å². The molecule has 1 saturated carbocycles. The monoisotopic (exact) mass is 297 g/mol. The predicted octanol–water partition coefficient (Wildman–Crippen LogP) is 2.97.